The number of H-pyrrole nitrogens is 1. The van der Waals surface area contributed by atoms with Gasteiger partial charge in [-0.2, -0.15) is 4.39 Å². The highest BCUT2D eigenvalue weighted by Gasteiger charge is 2.24. The Morgan fingerprint density at radius 2 is 1.60 bits per heavy atom. The van der Waals surface area contributed by atoms with Crippen molar-refractivity contribution in [2.45, 2.75) is 25.3 Å². The summed E-state index contributed by atoms with van der Waals surface area (Å²) in [7, 11) is 0. The third-order valence-electron chi connectivity index (χ3n) is 7.42. The number of piperidine rings is 1. The van der Waals surface area contributed by atoms with Gasteiger partial charge < -0.3 is 0 Å². The highest BCUT2D eigenvalue weighted by atomic mass is 19.1. The molecular weight excluding hydrogens is 505 g/mol. The highest BCUT2D eigenvalue weighted by molar-refractivity contribution is 5.81. The van der Waals surface area contributed by atoms with Crippen LogP contribution >= 0.6 is 0 Å². The third-order valence-corrected chi connectivity index (χ3v) is 7.42. The zero-order chi connectivity index (χ0) is 26.9. The minimum Gasteiger partial charge on any atom is -0.299 e. The first-order valence-corrected chi connectivity index (χ1v) is 13.3. The average Bonchev–Trinajstić information content (AvgIpc) is 3.65. The lowest BCUT2D eigenvalue weighted by Gasteiger charge is -2.30. The molecule has 1 aliphatic rings. The summed E-state index contributed by atoms with van der Waals surface area (Å²) in [6.45, 7) is 2.83. The van der Waals surface area contributed by atoms with E-state index < -0.39 is 5.95 Å². The number of nitrogens with one attached hydrogen (secondary N) is 1. The molecule has 40 heavy (non-hydrogen) atoms. The normalized spacial score (nSPS) is 14.6. The van der Waals surface area contributed by atoms with Gasteiger partial charge in [0.15, 0.2) is 5.82 Å². The molecule has 1 aliphatic heterocycles. The van der Waals surface area contributed by atoms with Crippen LogP contribution in [0.4, 0.5) is 4.39 Å². The summed E-state index contributed by atoms with van der Waals surface area (Å²) in [5, 5.41) is 7.42. The van der Waals surface area contributed by atoms with Gasteiger partial charge in [-0.3, -0.25) is 14.4 Å². The average molecular weight is 532 g/mol. The van der Waals surface area contributed by atoms with Crippen LogP contribution in [0.25, 0.3) is 39.8 Å². The summed E-state index contributed by atoms with van der Waals surface area (Å²) in [5.74, 6) is 2.23. The lowest BCUT2D eigenvalue weighted by molar-refractivity contribution is 0.202. The molecule has 0 unspecified atom stereocenters. The largest absolute Gasteiger partial charge is 0.299 e. The van der Waals surface area contributed by atoms with Crippen molar-refractivity contribution in [1.82, 2.24) is 44.4 Å². The van der Waals surface area contributed by atoms with Gasteiger partial charge in [-0.25, -0.2) is 24.9 Å². The number of imidazole rings is 1. The Hall–Kier alpha value is -4.83. The molecular formula is C30H26FN9. The number of aromatic amines is 1. The van der Waals surface area contributed by atoms with Crippen LogP contribution in [0.1, 0.15) is 30.1 Å². The maximum absolute atomic E-state index is 14.3. The number of hydrogen-bond acceptors (Lipinski definition) is 7. The van der Waals surface area contributed by atoms with E-state index in [0.717, 1.165) is 60.7 Å². The molecule has 7 rings (SSSR count). The van der Waals surface area contributed by atoms with Crippen LogP contribution in [0.15, 0.2) is 85.5 Å². The second-order valence-electron chi connectivity index (χ2n) is 9.98. The minimum atomic E-state index is -0.431. The first kappa shape index (κ1) is 24.2. The molecule has 1 saturated heterocycles. The summed E-state index contributed by atoms with van der Waals surface area (Å²) in [5.41, 5.74) is 4.82. The first-order valence-electron chi connectivity index (χ1n) is 13.3. The second kappa shape index (κ2) is 10.4. The van der Waals surface area contributed by atoms with E-state index in [1.165, 1.54) is 16.2 Å². The van der Waals surface area contributed by atoms with E-state index in [4.69, 9.17) is 4.98 Å². The minimum absolute atomic E-state index is 0.341. The van der Waals surface area contributed by atoms with Crippen molar-refractivity contribution in [1.29, 1.82) is 0 Å². The Labute approximate surface area is 229 Å². The number of nitrogens with zero attached hydrogens (tertiary/aromatic N) is 8. The Morgan fingerprint density at radius 3 is 2.38 bits per heavy atom. The van der Waals surface area contributed by atoms with Gasteiger partial charge in [0.05, 0.1) is 11.9 Å². The quantitative estimate of drug-likeness (QED) is 0.317. The third kappa shape index (κ3) is 4.73. The number of rotatable bonds is 6. The molecule has 0 saturated carbocycles. The summed E-state index contributed by atoms with van der Waals surface area (Å²) >= 11 is 0. The zero-order valence-electron chi connectivity index (χ0n) is 21.7. The molecule has 2 aromatic carbocycles. The maximum Gasteiger partial charge on any atom is 0.236 e. The number of hydrogen-bond donors (Lipinski definition) is 1. The molecule has 4 aromatic heterocycles. The van der Waals surface area contributed by atoms with E-state index in [2.05, 4.69) is 59.3 Å². The van der Waals surface area contributed by atoms with Gasteiger partial charge in [0.25, 0.3) is 0 Å². The van der Waals surface area contributed by atoms with Crippen molar-refractivity contribution in [3.8, 4) is 34.0 Å². The van der Waals surface area contributed by atoms with Crippen LogP contribution in [0.5, 0.6) is 0 Å². The molecule has 0 bridgehead atoms. The molecule has 9 nitrogen and oxygen atoms in total. The van der Waals surface area contributed by atoms with Gasteiger partial charge in [0.1, 0.15) is 5.82 Å². The van der Waals surface area contributed by atoms with Crippen LogP contribution in [0.3, 0.4) is 0 Å². The van der Waals surface area contributed by atoms with Gasteiger partial charge in [-0.1, -0.05) is 54.6 Å². The van der Waals surface area contributed by atoms with Crippen LogP contribution in [0, 0.1) is 5.95 Å². The summed E-state index contributed by atoms with van der Waals surface area (Å²) < 4.78 is 15.7. The van der Waals surface area contributed by atoms with Crippen LogP contribution in [-0.2, 0) is 6.54 Å². The SMILES string of the molecule is Fc1cnc2nc(-c3ccc(CN4CCC(c5nc(-c6ncccn6)n[nH]5)CC4)cc3)c(-c3ccccc3)cn12. The Morgan fingerprint density at radius 1 is 0.825 bits per heavy atom. The number of fused-ring (bicyclic) bond motifs is 1. The number of likely N-dealkylation sites (tertiary alicyclic amines) is 1. The molecule has 6 aromatic rings. The second-order valence-corrected chi connectivity index (χ2v) is 9.98. The maximum atomic E-state index is 14.3. The zero-order valence-corrected chi connectivity index (χ0v) is 21.7. The molecule has 0 amide bonds. The topological polar surface area (TPSA) is 101 Å². The molecule has 1 N–H and O–H groups in total. The first-order chi connectivity index (χ1) is 19.7. The van der Waals surface area contributed by atoms with Gasteiger partial charge >= 0.3 is 0 Å². The van der Waals surface area contributed by atoms with Crippen molar-refractivity contribution < 1.29 is 4.39 Å². The molecule has 10 heteroatoms. The Bertz CT molecular complexity index is 1740. The lowest BCUT2D eigenvalue weighted by Crippen LogP contribution is -2.32. The number of halogens is 1. The molecule has 198 valence electrons. The van der Waals surface area contributed by atoms with Crippen molar-refractivity contribution >= 4 is 5.78 Å². The highest BCUT2D eigenvalue weighted by Crippen LogP contribution is 2.32. The van der Waals surface area contributed by atoms with Gasteiger partial charge in [0.2, 0.25) is 17.5 Å². The predicted octanol–water partition coefficient (Wildman–Crippen LogP) is 5.16. The van der Waals surface area contributed by atoms with Crippen molar-refractivity contribution in [2.75, 3.05) is 13.1 Å². The van der Waals surface area contributed by atoms with Crippen LogP contribution in [-0.4, -0.2) is 57.5 Å². The Balaban J connectivity index is 1.05. The van der Waals surface area contributed by atoms with Gasteiger partial charge in [0, 0.05) is 42.2 Å². The molecule has 0 radical (unpaired) electrons. The fourth-order valence-corrected chi connectivity index (χ4v) is 5.29. The molecule has 1 fully saturated rings. The molecule has 5 heterocycles. The smallest absolute Gasteiger partial charge is 0.236 e. The van der Waals surface area contributed by atoms with Gasteiger partial charge in [-0.15, -0.1) is 5.10 Å². The molecule has 0 atom stereocenters. The fraction of sp³-hybridized carbons (Fsp3) is 0.200. The summed E-state index contributed by atoms with van der Waals surface area (Å²) in [6, 6.07) is 20.2. The summed E-state index contributed by atoms with van der Waals surface area (Å²) in [4.78, 5) is 24.5. The van der Waals surface area contributed by atoms with Crippen molar-refractivity contribution in [3.05, 3.63) is 103 Å². The Kier molecular flexibility index (Phi) is 6.29. The van der Waals surface area contributed by atoms with E-state index in [0.29, 0.717) is 23.3 Å². The van der Waals surface area contributed by atoms with Crippen LogP contribution < -0.4 is 0 Å². The van der Waals surface area contributed by atoms with Crippen LogP contribution in [0.2, 0.25) is 0 Å². The van der Waals surface area contributed by atoms with Gasteiger partial charge in [-0.05, 0) is 43.1 Å². The predicted molar refractivity (Wildman–Crippen MR) is 148 cm³/mol. The fourth-order valence-electron chi connectivity index (χ4n) is 5.29. The van der Waals surface area contributed by atoms with E-state index in [1.54, 1.807) is 24.7 Å². The lowest BCUT2D eigenvalue weighted by atomic mass is 9.95. The molecule has 0 spiro atoms. The summed E-state index contributed by atoms with van der Waals surface area (Å²) in [6.07, 6.45) is 8.38. The standard InChI is InChI=1S/C30H26FN9/c31-25-17-34-30-35-26(24(19-40(25)30)21-5-2-1-3-6-21)22-9-7-20(8-10-22)18-39-15-11-23(12-16-39)27-36-29(38-37-27)28-32-13-4-14-33-28/h1-10,13-14,17,19,23H,11-12,15-16,18H2,(H,36,37,38). The molecule has 0 aliphatic carbocycles. The van der Waals surface area contributed by atoms with Crippen molar-refractivity contribution in [2.24, 2.45) is 0 Å². The number of aromatic nitrogens is 8. The van der Waals surface area contributed by atoms with E-state index in [9.17, 15) is 4.39 Å². The van der Waals surface area contributed by atoms with E-state index >= 15 is 0 Å². The van der Waals surface area contributed by atoms with E-state index in [1.807, 2.05) is 30.3 Å². The number of benzene rings is 2. The van der Waals surface area contributed by atoms with Crippen molar-refractivity contribution in [3.63, 3.8) is 0 Å². The van der Waals surface area contributed by atoms with E-state index in [-0.39, 0.29) is 0 Å². The monoisotopic (exact) mass is 531 g/mol.